The Kier molecular flexibility index (Phi) is 2.45. The molecule has 0 saturated carbocycles. The van der Waals surface area contributed by atoms with Crippen molar-refractivity contribution in [3.8, 4) is 5.75 Å². The van der Waals surface area contributed by atoms with Crippen LogP contribution >= 0.6 is 23.0 Å². The zero-order valence-corrected chi connectivity index (χ0v) is 9.57. The first-order valence-corrected chi connectivity index (χ1v) is 4.92. The van der Waals surface area contributed by atoms with E-state index in [1.165, 1.54) is 6.07 Å². The molecule has 2 aromatic rings. The number of fused-ring (bicyclic) bond motifs is 1. The molecule has 0 radical (unpaired) electrons. The highest BCUT2D eigenvalue weighted by Gasteiger charge is 2.05. The highest BCUT2D eigenvalue weighted by atomic mass is 127. The van der Waals surface area contributed by atoms with Crippen LogP contribution in [-0.2, 0) is 0 Å². The van der Waals surface area contributed by atoms with E-state index in [0.29, 0.717) is 11.3 Å². The third-order valence-corrected chi connectivity index (χ3v) is 2.42. The van der Waals surface area contributed by atoms with Gasteiger partial charge < -0.3 is 7.48 Å². The Morgan fingerprint density at radius 2 is 2.14 bits per heavy atom. The normalized spacial score (nSPS) is 10.4. The molecule has 0 aliphatic heterocycles. The van der Waals surface area contributed by atoms with Gasteiger partial charge in [-0.05, 0) is 24.6 Å². The maximum absolute atomic E-state index is 11.1. The van der Waals surface area contributed by atoms with E-state index in [9.17, 15) is 4.79 Å². The number of aryl methyl sites for hydroxylation is 1. The summed E-state index contributed by atoms with van der Waals surface area (Å²) >= 11 is 1.75. The van der Waals surface area contributed by atoms with E-state index in [0.717, 1.165) is 10.9 Å². The van der Waals surface area contributed by atoms with Crippen LogP contribution in [0.25, 0.3) is 11.0 Å². The Balaban J connectivity index is 2.87. The Hall–Kier alpha value is -1.04. The van der Waals surface area contributed by atoms with E-state index >= 15 is 0 Å². The molecule has 14 heavy (non-hydrogen) atoms. The second-order valence-electron chi connectivity index (χ2n) is 3.01. The van der Waals surface area contributed by atoms with E-state index in [1.807, 2.05) is 25.1 Å². The molecule has 0 bridgehead atoms. The third kappa shape index (κ3) is 1.61. The molecule has 1 aromatic heterocycles. The van der Waals surface area contributed by atoms with Gasteiger partial charge in [0.15, 0.2) is 28.8 Å². The van der Waals surface area contributed by atoms with Gasteiger partial charge in [-0.2, -0.15) is 0 Å². The van der Waals surface area contributed by atoms with Crippen molar-refractivity contribution >= 4 is 34.0 Å². The standard InChI is InChI=1S/C10H7IO3/c1-6-2-3-7-8(4-6)13-10(12)5-9(7)14-11/h2-5H,1H3. The lowest BCUT2D eigenvalue weighted by molar-refractivity contribution is 0.553. The largest absolute Gasteiger partial charge is 0.427 e. The van der Waals surface area contributed by atoms with Gasteiger partial charge in [0.1, 0.15) is 5.58 Å². The molecule has 72 valence electrons. The fourth-order valence-corrected chi connectivity index (χ4v) is 1.67. The number of benzene rings is 1. The summed E-state index contributed by atoms with van der Waals surface area (Å²) in [6.45, 7) is 1.94. The predicted molar refractivity (Wildman–Crippen MR) is 61.9 cm³/mol. The molecule has 0 fully saturated rings. The van der Waals surface area contributed by atoms with Crippen LogP contribution in [0.3, 0.4) is 0 Å². The molecule has 1 aromatic carbocycles. The molecule has 0 N–H and O–H groups in total. The van der Waals surface area contributed by atoms with Crippen LogP contribution in [-0.4, -0.2) is 0 Å². The van der Waals surface area contributed by atoms with Crippen molar-refractivity contribution in [2.24, 2.45) is 0 Å². The molecule has 0 unspecified atom stereocenters. The summed E-state index contributed by atoms with van der Waals surface area (Å²) in [6, 6.07) is 6.98. The van der Waals surface area contributed by atoms with Crippen LogP contribution in [0.5, 0.6) is 5.75 Å². The molecule has 2 rings (SSSR count). The van der Waals surface area contributed by atoms with Crippen LogP contribution in [0, 0.1) is 6.92 Å². The fraction of sp³-hybridized carbons (Fsp3) is 0.100. The smallest absolute Gasteiger partial charge is 0.339 e. The molecule has 4 heteroatoms. The first-order valence-electron chi connectivity index (χ1n) is 4.04. The van der Waals surface area contributed by atoms with E-state index in [-0.39, 0.29) is 0 Å². The zero-order valence-electron chi connectivity index (χ0n) is 7.41. The highest BCUT2D eigenvalue weighted by molar-refractivity contribution is 14.1. The van der Waals surface area contributed by atoms with Crippen LogP contribution < -0.4 is 8.69 Å². The minimum atomic E-state index is -0.394. The Morgan fingerprint density at radius 3 is 2.86 bits per heavy atom. The van der Waals surface area contributed by atoms with Gasteiger partial charge in [-0.25, -0.2) is 4.79 Å². The Bertz CT molecular complexity index is 530. The minimum Gasteiger partial charge on any atom is -0.427 e. The highest BCUT2D eigenvalue weighted by Crippen LogP contribution is 2.25. The van der Waals surface area contributed by atoms with Gasteiger partial charge in [-0.1, -0.05) is 6.07 Å². The van der Waals surface area contributed by atoms with Gasteiger partial charge in [-0.15, -0.1) is 0 Å². The topological polar surface area (TPSA) is 39.4 Å². The van der Waals surface area contributed by atoms with E-state index in [1.54, 1.807) is 23.0 Å². The summed E-state index contributed by atoms with van der Waals surface area (Å²) in [5, 5.41) is 0.810. The maximum atomic E-state index is 11.1. The van der Waals surface area contributed by atoms with Crippen molar-refractivity contribution in [3.05, 3.63) is 40.2 Å². The van der Waals surface area contributed by atoms with Gasteiger partial charge in [-0.3, -0.25) is 0 Å². The summed E-state index contributed by atoms with van der Waals surface area (Å²) < 4.78 is 10.1. The summed E-state index contributed by atoms with van der Waals surface area (Å²) in [7, 11) is 0. The van der Waals surface area contributed by atoms with Crippen molar-refractivity contribution in [2.45, 2.75) is 6.92 Å². The second-order valence-corrected chi connectivity index (χ2v) is 3.45. The molecule has 0 spiro atoms. The van der Waals surface area contributed by atoms with E-state index < -0.39 is 5.63 Å². The van der Waals surface area contributed by atoms with Gasteiger partial charge in [0, 0.05) is 0 Å². The molecule has 0 atom stereocenters. The Morgan fingerprint density at radius 1 is 1.36 bits per heavy atom. The van der Waals surface area contributed by atoms with Crippen molar-refractivity contribution < 1.29 is 7.48 Å². The van der Waals surface area contributed by atoms with Gasteiger partial charge >= 0.3 is 5.63 Å². The molecule has 0 aliphatic rings. The molecule has 0 amide bonds. The first kappa shape index (κ1) is 9.51. The summed E-state index contributed by atoms with van der Waals surface area (Å²) in [5.41, 5.74) is 1.21. The quantitative estimate of drug-likeness (QED) is 0.600. The van der Waals surface area contributed by atoms with Gasteiger partial charge in [0.25, 0.3) is 0 Å². The average molecular weight is 302 g/mol. The average Bonchev–Trinajstić information content (AvgIpc) is 2.15. The van der Waals surface area contributed by atoms with Crippen molar-refractivity contribution in [1.29, 1.82) is 0 Å². The fourth-order valence-electron chi connectivity index (χ4n) is 1.30. The number of hydrogen-bond acceptors (Lipinski definition) is 3. The monoisotopic (exact) mass is 302 g/mol. The summed E-state index contributed by atoms with van der Waals surface area (Å²) in [4.78, 5) is 11.1. The van der Waals surface area contributed by atoms with Crippen molar-refractivity contribution in [1.82, 2.24) is 0 Å². The molecular formula is C10H7IO3. The van der Waals surface area contributed by atoms with Crippen molar-refractivity contribution in [3.63, 3.8) is 0 Å². The number of rotatable bonds is 1. The summed E-state index contributed by atoms with van der Waals surface area (Å²) in [6.07, 6.45) is 0. The molecule has 0 saturated heterocycles. The molecule has 1 heterocycles. The molecular weight excluding hydrogens is 295 g/mol. The van der Waals surface area contributed by atoms with Gasteiger partial charge in [0.05, 0.1) is 11.5 Å². The summed E-state index contributed by atoms with van der Waals surface area (Å²) in [5.74, 6) is 0.539. The van der Waals surface area contributed by atoms with Gasteiger partial charge in [0.2, 0.25) is 0 Å². The SMILES string of the molecule is Cc1ccc2c(OI)cc(=O)oc2c1. The van der Waals surface area contributed by atoms with Crippen LogP contribution in [0.1, 0.15) is 5.56 Å². The lowest BCUT2D eigenvalue weighted by Crippen LogP contribution is -1.97. The van der Waals surface area contributed by atoms with Crippen LogP contribution in [0.4, 0.5) is 0 Å². The second kappa shape index (κ2) is 3.61. The number of halogens is 1. The van der Waals surface area contributed by atoms with E-state index in [2.05, 4.69) is 0 Å². The van der Waals surface area contributed by atoms with E-state index in [4.69, 9.17) is 7.48 Å². The lowest BCUT2D eigenvalue weighted by atomic mass is 10.1. The minimum absolute atomic E-state index is 0.394. The Labute approximate surface area is 94.4 Å². The van der Waals surface area contributed by atoms with Crippen LogP contribution in [0.15, 0.2) is 33.5 Å². The molecule has 3 nitrogen and oxygen atoms in total. The molecule has 0 aliphatic carbocycles. The number of hydrogen-bond donors (Lipinski definition) is 0. The van der Waals surface area contributed by atoms with Crippen molar-refractivity contribution in [2.75, 3.05) is 0 Å². The predicted octanol–water partition coefficient (Wildman–Crippen LogP) is 2.83. The maximum Gasteiger partial charge on any atom is 0.339 e. The third-order valence-electron chi connectivity index (χ3n) is 1.95. The first-order chi connectivity index (χ1) is 6.70. The zero-order chi connectivity index (χ0) is 10.1. The lowest BCUT2D eigenvalue weighted by Gasteiger charge is -2.01. The van der Waals surface area contributed by atoms with Crippen LogP contribution in [0.2, 0.25) is 0 Å².